The summed E-state index contributed by atoms with van der Waals surface area (Å²) < 4.78 is 2.16. The number of carbonyl (C=O) groups excluding carboxylic acids is 3. The smallest absolute Gasteiger partial charge is 0.294 e. The topological polar surface area (TPSA) is 62.6 Å². The first-order chi connectivity index (χ1) is 14.3. The highest BCUT2D eigenvalue weighted by Gasteiger charge is 2.37. The van der Waals surface area contributed by atoms with E-state index in [4.69, 9.17) is 0 Å². The number of carbonyl (C=O) groups is 3. The molecule has 0 bridgehead atoms. The summed E-state index contributed by atoms with van der Waals surface area (Å²) in [5, 5.41) is 0.661. The number of hydrogen-bond acceptors (Lipinski definition) is 4. The van der Waals surface area contributed by atoms with Gasteiger partial charge in [-0.1, -0.05) is 25.1 Å². The van der Waals surface area contributed by atoms with Crippen LogP contribution in [0, 0.1) is 5.92 Å². The minimum Gasteiger partial charge on any atom is -0.344 e. The summed E-state index contributed by atoms with van der Waals surface area (Å²) in [6.45, 7) is 7.61. The molecule has 3 amide bonds. The summed E-state index contributed by atoms with van der Waals surface area (Å²) in [4.78, 5) is 41.2. The van der Waals surface area contributed by atoms with Crippen molar-refractivity contribution in [3.8, 4) is 0 Å². The predicted molar refractivity (Wildman–Crippen MR) is 120 cm³/mol. The van der Waals surface area contributed by atoms with Crippen LogP contribution < -0.4 is 0 Å². The molecule has 0 N–H and O–H groups in total. The molecule has 3 heterocycles. The summed E-state index contributed by atoms with van der Waals surface area (Å²) in [5.41, 5.74) is 1.99. The number of imide groups is 1. The first-order valence-corrected chi connectivity index (χ1v) is 11.3. The third-order valence-corrected chi connectivity index (χ3v) is 6.83. The third kappa shape index (κ3) is 3.90. The highest BCUT2D eigenvalue weighted by molar-refractivity contribution is 8.18. The zero-order valence-electron chi connectivity index (χ0n) is 17.6. The van der Waals surface area contributed by atoms with Crippen molar-refractivity contribution in [2.45, 2.75) is 39.7 Å². The Morgan fingerprint density at radius 2 is 1.90 bits per heavy atom. The van der Waals surface area contributed by atoms with E-state index in [9.17, 15) is 14.4 Å². The SMILES string of the molecule is CC1CCN(C(=O)CN2C(=O)S/C(=C/c3cn(C(C)C)c4ccccc34)C2=O)CC1. The lowest BCUT2D eigenvalue weighted by Gasteiger charge is -2.31. The van der Waals surface area contributed by atoms with Crippen molar-refractivity contribution < 1.29 is 14.4 Å². The Bertz CT molecular complexity index is 1030. The number of amides is 3. The molecular formula is C23H27N3O3S. The van der Waals surface area contributed by atoms with Crippen molar-refractivity contribution >= 4 is 45.8 Å². The first kappa shape index (κ1) is 20.7. The molecule has 2 aliphatic heterocycles. The van der Waals surface area contributed by atoms with E-state index < -0.39 is 0 Å². The number of fused-ring (bicyclic) bond motifs is 1. The lowest BCUT2D eigenvalue weighted by atomic mass is 9.99. The Hall–Kier alpha value is -2.54. The van der Waals surface area contributed by atoms with E-state index in [0.717, 1.165) is 46.0 Å². The molecule has 0 aliphatic carbocycles. The average molecular weight is 426 g/mol. The maximum atomic E-state index is 12.9. The van der Waals surface area contributed by atoms with Gasteiger partial charge in [-0.15, -0.1) is 0 Å². The number of nitrogens with zero attached hydrogens (tertiary/aromatic N) is 3. The molecule has 4 rings (SSSR count). The Morgan fingerprint density at radius 1 is 1.20 bits per heavy atom. The van der Waals surface area contributed by atoms with Gasteiger partial charge in [-0.25, -0.2) is 0 Å². The molecule has 0 spiro atoms. The van der Waals surface area contributed by atoms with Gasteiger partial charge in [-0.2, -0.15) is 0 Å². The van der Waals surface area contributed by atoms with Crippen LogP contribution in [-0.4, -0.2) is 51.1 Å². The van der Waals surface area contributed by atoms with Crippen molar-refractivity contribution in [2.75, 3.05) is 19.6 Å². The van der Waals surface area contributed by atoms with Gasteiger partial charge in [0, 0.05) is 41.8 Å². The second kappa shape index (κ2) is 8.30. The van der Waals surface area contributed by atoms with Crippen LogP contribution in [0.3, 0.4) is 0 Å². The van der Waals surface area contributed by atoms with Crippen molar-refractivity contribution in [2.24, 2.45) is 5.92 Å². The molecule has 2 saturated heterocycles. The normalized spacial score (nSPS) is 19.7. The number of likely N-dealkylation sites (tertiary alicyclic amines) is 1. The second-order valence-corrected chi connectivity index (χ2v) is 9.43. The molecule has 0 radical (unpaired) electrons. The molecule has 2 aliphatic rings. The fraction of sp³-hybridized carbons (Fsp3) is 0.435. The first-order valence-electron chi connectivity index (χ1n) is 10.5. The van der Waals surface area contributed by atoms with Gasteiger partial charge in [-0.3, -0.25) is 19.3 Å². The minimum absolute atomic E-state index is 0.151. The number of aromatic nitrogens is 1. The van der Waals surface area contributed by atoms with E-state index in [-0.39, 0.29) is 29.6 Å². The molecule has 1 aromatic carbocycles. The highest BCUT2D eigenvalue weighted by Crippen LogP contribution is 2.34. The van der Waals surface area contributed by atoms with E-state index >= 15 is 0 Å². The second-order valence-electron chi connectivity index (χ2n) is 8.43. The van der Waals surface area contributed by atoms with Crippen LogP contribution in [0.15, 0.2) is 35.4 Å². The number of thioether (sulfide) groups is 1. The Balaban J connectivity index is 1.55. The molecule has 30 heavy (non-hydrogen) atoms. The van der Waals surface area contributed by atoms with Crippen molar-refractivity contribution in [3.05, 3.63) is 40.9 Å². The zero-order valence-corrected chi connectivity index (χ0v) is 18.4. The molecule has 0 saturated carbocycles. The Morgan fingerprint density at radius 3 is 2.60 bits per heavy atom. The molecule has 6 nitrogen and oxygen atoms in total. The molecule has 0 atom stereocenters. The van der Waals surface area contributed by atoms with Crippen molar-refractivity contribution in [1.82, 2.24) is 14.4 Å². The van der Waals surface area contributed by atoms with Gasteiger partial charge in [0.2, 0.25) is 5.91 Å². The summed E-state index contributed by atoms with van der Waals surface area (Å²) in [6, 6.07) is 8.30. The summed E-state index contributed by atoms with van der Waals surface area (Å²) >= 11 is 0.910. The van der Waals surface area contributed by atoms with Crippen LogP contribution in [0.2, 0.25) is 0 Å². The van der Waals surface area contributed by atoms with Gasteiger partial charge in [-0.05, 0) is 56.5 Å². The lowest BCUT2D eigenvalue weighted by Crippen LogP contribution is -2.45. The Labute approximate surface area is 180 Å². The molecular weight excluding hydrogens is 398 g/mol. The standard InChI is InChI=1S/C23H27N3O3S/c1-15(2)25-13-17(18-6-4-5-7-19(18)25)12-20-22(28)26(23(29)30-20)14-21(27)24-10-8-16(3)9-11-24/h4-7,12-13,15-16H,8-11,14H2,1-3H3/b20-12+. The van der Waals surface area contributed by atoms with Crippen molar-refractivity contribution in [3.63, 3.8) is 0 Å². The molecule has 0 unspecified atom stereocenters. The predicted octanol–water partition coefficient (Wildman–Crippen LogP) is 4.52. The van der Waals surface area contributed by atoms with Gasteiger partial charge in [0.15, 0.2) is 0 Å². The van der Waals surface area contributed by atoms with Crippen LogP contribution in [0.25, 0.3) is 17.0 Å². The van der Waals surface area contributed by atoms with Crippen LogP contribution >= 0.6 is 11.8 Å². The maximum Gasteiger partial charge on any atom is 0.294 e. The van der Waals surface area contributed by atoms with Gasteiger partial charge in [0.25, 0.3) is 11.1 Å². The van der Waals surface area contributed by atoms with Crippen molar-refractivity contribution in [1.29, 1.82) is 0 Å². The fourth-order valence-electron chi connectivity index (χ4n) is 4.04. The minimum atomic E-state index is -0.384. The van der Waals surface area contributed by atoms with Crippen LogP contribution in [0.5, 0.6) is 0 Å². The maximum absolute atomic E-state index is 12.9. The monoisotopic (exact) mass is 425 g/mol. The van der Waals surface area contributed by atoms with E-state index in [0.29, 0.717) is 23.9 Å². The van der Waals surface area contributed by atoms with E-state index in [1.807, 2.05) is 24.4 Å². The quantitative estimate of drug-likeness (QED) is 0.676. The number of hydrogen-bond donors (Lipinski definition) is 0. The molecule has 158 valence electrons. The molecule has 2 aromatic rings. The highest BCUT2D eigenvalue weighted by atomic mass is 32.2. The molecule has 7 heteroatoms. The zero-order chi connectivity index (χ0) is 21.4. The van der Waals surface area contributed by atoms with Gasteiger partial charge in [0.05, 0.1) is 4.91 Å². The summed E-state index contributed by atoms with van der Waals surface area (Å²) in [5.74, 6) is 0.0779. The fourth-order valence-corrected chi connectivity index (χ4v) is 4.87. The summed E-state index contributed by atoms with van der Waals surface area (Å²) in [6.07, 6.45) is 5.73. The number of piperidine rings is 1. The number of rotatable bonds is 4. The average Bonchev–Trinajstić information content (AvgIpc) is 3.22. The third-order valence-electron chi connectivity index (χ3n) is 5.92. The van der Waals surface area contributed by atoms with Gasteiger partial charge < -0.3 is 9.47 Å². The number of para-hydroxylation sites is 1. The van der Waals surface area contributed by atoms with Crippen LogP contribution in [-0.2, 0) is 9.59 Å². The Kier molecular flexibility index (Phi) is 5.73. The largest absolute Gasteiger partial charge is 0.344 e. The molecule has 2 fully saturated rings. The lowest BCUT2D eigenvalue weighted by molar-refractivity contribution is -0.136. The van der Waals surface area contributed by atoms with Crippen LogP contribution in [0.4, 0.5) is 4.79 Å². The van der Waals surface area contributed by atoms with Crippen LogP contribution in [0.1, 0.15) is 45.2 Å². The number of benzene rings is 1. The molecule has 1 aromatic heterocycles. The van der Waals surface area contributed by atoms with E-state index in [2.05, 4.69) is 31.4 Å². The van der Waals surface area contributed by atoms with E-state index in [1.54, 1.807) is 11.0 Å². The summed E-state index contributed by atoms with van der Waals surface area (Å²) in [7, 11) is 0. The van der Waals surface area contributed by atoms with Gasteiger partial charge >= 0.3 is 0 Å². The van der Waals surface area contributed by atoms with E-state index in [1.165, 1.54) is 0 Å². The van der Waals surface area contributed by atoms with Gasteiger partial charge in [0.1, 0.15) is 6.54 Å².